The maximum absolute atomic E-state index is 11.2. The average Bonchev–Trinajstić information content (AvgIpc) is 2.19. The van der Waals surface area contributed by atoms with Gasteiger partial charge in [-0.15, -0.1) is 0 Å². The van der Waals surface area contributed by atoms with E-state index in [1.807, 2.05) is 0 Å². The van der Waals surface area contributed by atoms with E-state index in [0.29, 0.717) is 12.8 Å². The molecule has 2 N–H and O–H groups in total. The van der Waals surface area contributed by atoms with Crippen LogP contribution in [0, 0.1) is 0 Å². The van der Waals surface area contributed by atoms with Gasteiger partial charge in [0.25, 0.3) is 0 Å². The summed E-state index contributed by atoms with van der Waals surface area (Å²) in [7, 11) is 0.130. The zero-order valence-corrected chi connectivity index (χ0v) is 10.4. The van der Waals surface area contributed by atoms with Gasteiger partial charge in [0.05, 0.1) is 11.8 Å². The second-order valence-corrected chi connectivity index (χ2v) is 5.85. The van der Waals surface area contributed by atoms with Crippen molar-refractivity contribution in [1.29, 1.82) is 0 Å². The Labute approximate surface area is 91.9 Å². The van der Waals surface area contributed by atoms with E-state index in [4.69, 9.17) is 15.2 Å². The maximum atomic E-state index is 11.2. The molecule has 0 aromatic rings. The Morgan fingerprint density at radius 1 is 1.27 bits per heavy atom. The first kappa shape index (κ1) is 14.8. The SMILES string of the molecule is CCS(=O)(=O)CCCC(N)C(OC)OC. The van der Waals surface area contributed by atoms with Crippen LogP contribution in [0.15, 0.2) is 0 Å². The summed E-state index contributed by atoms with van der Waals surface area (Å²) >= 11 is 0. The number of methoxy groups -OCH3 is 2. The van der Waals surface area contributed by atoms with E-state index in [1.54, 1.807) is 6.92 Å². The molecule has 0 radical (unpaired) electrons. The standard InChI is InChI=1S/C9H21NO4S/c1-4-15(11,12)7-5-6-8(10)9(13-2)14-3/h8-9H,4-7,10H2,1-3H3. The highest BCUT2D eigenvalue weighted by atomic mass is 32.2. The summed E-state index contributed by atoms with van der Waals surface area (Å²) in [6, 6.07) is -0.285. The third kappa shape index (κ3) is 6.09. The van der Waals surface area contributed by atoms with E-state index in [-0.39, 0.29) is 17.5 Å². The van der Waals surface area contributed by atoms with Crippen molar-refractivity contribution in [2.24, 2.45) is 5.73 Å². The van der Waals surface area contributed by atoms with Gasteiger partial charge in [-0.3, -0.25) is 0 Å². The van der Waals surface area contributed by atoms with Crippen LogP contribution < -0.4 is 5.73 Å². The molecule has 15 heavy (non-hydrogen) atoms. The molecule has 1 unspecified atom stereocenters. The van der Waals surface area contributed by atoms with E-state index in [0.717, 1.165) is 0 Å². The maximum Gasteiger partial charge on any atom is 0.171 e. The van der Waals surface area contributed by atoms with E-state index in [9.17, 15) is 8.42 Å². The topological polar surface area (TPSA) is 78.6 Å². The van der Waals surface area contributed by atoms with Crippen LogP contribution in [0.5, 0.6) is 0 Å². The first-order valence-electron chi connectivity index (χ1n) is 4.98. The average molecular weight is 239 g/mol. The van der Waals surface area contributed by atoms with Gasteiger partial charge in [-0.05, 0) is 12.8 Å². The van der Waals surface area contributed by atoms with Gasteiger partial charge in [-0.25, -0.2) is 8.42 Å². The minimum absolute atomic E-state index is 0.178. The van der Waals surface area contributed by atoms with Crippen molar-refractivity contribution in [3.05, 3.63) is 0 Å². The third-order valence-electron chi connectivity index (χ3n) is 2.25. The van der Waals surface area contributed by atoms with Gasteiger partial charge < -0.3 is 15.2 Å². The zero-order valence-electron chi connectivity index (χ0n) is 9.60. The van der Waals surface area contributed by atoms with Gasteiger partial charge in [0.2, 0.25) is 0 Å². The van der Waals surface area contributed by atoms with Gasteiger partial charge in [0.15, 0.2) is 6.29 Å². The molecule has 0 aliphatic rings. The fourth-order valence-electron chi connectivity index (χ4n) is 1.27. The van der Waals surface area contributed by atoms with Crippen molar-refractivity contribution in [3.8, 4) is 0 Å². The van der Waals surface area contributed by atoms with Gasteiger partial charge in [-0.1, -0.05) is 6.92 Å². The number of hydrogen-bond donors (Lipinski definition) is 1. The molecule has 0 bridgehead atoms. The van der Waals surface area contributed by atoms with Crippen LogP contribution in [0.4, 0.5) is 0 Å². The molecule has 0 fully saturated rings. The number of ether oxygens (including phenoxy) is 2. The summed E-state index contributed by atoms with van der Waals surface area (Å²) in [6.45, 7) is 1.64. The van der Waals surface area contributed by atoms with Crippen LogP contribution in [0.1, 0.15) is 19.8 Å². The molecule has 5 nitrogen and oxygen atoms in total. The smallest absolute Gasteiger partial charge is 0.171 e. The Balaban J connectivity index is 3.86. The van der Waals surface area contributed by atoms with E-state index in [1.165, 1.54) is 14.2 Å². The lowest BCUT2D eigenvalue weighted by Crippen LogP contribution is -2.37. The van der Waals surface area contributed by atoms with Crippen molar-refractivity contribution >= 4 is 9.84 Å². The monoisotopic (exact) mass is 239 g/mol. The molecule has 0 heterocycles. The molecular weight excluding hydrogens is 218 g/mol. The van der Waals surface area contributed by atoms with Crippen molar-refractivity contribution in [1.82, 2.24) is 0 Å². The number of hydrogen-bond acceptors (Lipinski definition) is 5. The molecule has 0 rings (SSSR count). The predicted molar refractivity (Wildman–Crippen MR) is 59.3 cm³/mol. The minimum Gasteiger partial charge on any atom is -0.354 e. The van der Waals surface area contributed by atoms with Crippen LogP contribution in [-0.2, 0) is 19.3 Å². The largest absolute Gasteiger partial charge is 0.354 e. The van der Waals surface area contributed by atoms with Crippen molar-refractivity contribution in [2.75, 3.05) is 25.7 Å². The Morgan fingerprint density at radius 3 is 2.20 bits per heavy atom. The van der Waals surface area contributed by atoms with Crippen molar-refractivity contribution in [2.45, 2.75) is 32.1 Å². The molecule has 0 amide bonds. The summed E-state index contributed by atoms with van der Waals surface area (Å²) in [5.74, 6) is 0.359. The molecule has 0 saturated heterocycles. The highest BCUT2D eigenvalue weighted by molar-refractivity contribution is 7.91. The van der Waals surface area contributed by atoms with E-state index >= 15 is 0 Å². The van der Waals surface area contributed by atoms with Crippen LogP contribution >= 0.6 is 0 Å². The summed E-state index contributed by atoms with van der Waals surface area (Å²) in [5.41, 5.74) is 5.76. The molecule has 0 spiro atoms. The zero-order chi connectivity index (χ0) is 11.9. The molecule has 92 valence electrons. The van der Waals surface area contributed by atoms with Gasteiger partial charge in [0, 0.05) is 20.0 Å². The second kappa shape index (κ2) is 7.16. The minimum atomic E-state index is -2.89. The second-order valence-electron chi connectivity index (χ2n) is 3.38. The first-order valence-corrected chi connectivity index (χ1v) is 6.80. The predicted octanol–water partition coefficient (Wildman–Crippen LogP) is 0.148. The van der Waals surface area contributed by atoms with Gasteiger partial charge in [-0.2, -0.15) is 0 Å². The molecule has 0 aliphatic carbocycles. The summed E-state index contributed by atoms with van der Waals surface area (Å²) in [5, 5.41) is 0. The molecule has 0 saturated carbocycles. The van der Waals surface area contributed by atoms with Crippen LogP contribution in [0.25, 0.3) is 0 Å². The Morgan fingerprint density at radius 2 is 1.80 bits per heavy atom. The Kier molecular flexibility index (Phi) is 7.08. The number of nitrogens with two attached hydrogens (primary N) is 1. The fraction of sp³-hybridized carbons (Fsp3) is 1.00. The Hall–Kier alpha value is -0.170. The molecule has 1 atom stereocenters. The van der Waals surface area contributed by atoms with Gasteiger partial charge >= 0.3 is 0 Å². The summed E-state index contributed by atoms with van der Waals surface area (Å²) in [6.07, 6.45) is 0.654. The van der Waals surface area contributed by atoms with Gasteiger partial charge in [0.1, 0.15) is 9.84 Å². The number of rotatable bonds is 8. The lowest BCUT2D eigenvalue weighted by Gasteiger charge is -2.20. The molecule has 6 heteroatoms. The summed E-state index contributed by atoms with van der Waals surface area (Å²) in [4.78, 5) is 0. The fourth-order valence-corrected chi connectivity index (χ4v) is 2.16. The third-order valence-corrected chi connectivity index (χ3v) is 4.04. The number of sulfone groups is 1. The van der Waals surface area contributed by atoms with E-state index < -0.39 is 16.1 Å². The molecule has 0 aromatic carbocycles. The van der Waals surface area contributed by atoms with Crippen LogP contribution in [0.3, 0.4) is 0 Å². The first-order chi connectivity index (χ1) is 6.96. The van der Waals surface area contributed by atoms with Crippen LogP contribution in [0.2, 0.25) is 0 Å². The van der Waals surface area contributed by atoms with Crippen molar-refractivity contribution in [3.63, 3.8) is 0 Å². The quantitative estimate of drug-likeness (QED) is 0.610. The molecule has 0 aromatic heterocycles. The normalized spacial score (nSPS) is 14.5. The summed E-state index contributed by atoms with van der Waals surface area (Å²) < 4.78 is 32.3. The molecular formula is C9H21NO4S. The Bertz CT molecular complexity index is 249. The van der Waals surface area contributed by atoms with Crippen LogP contribution in [-0.4, -0.2) is 46.5 Å². The highest BCUT2D eigenvalue weighted by Gasteiger charge is 2.17. The molecule has 0 aliphatic heterocycles. The lowest BCUT2D eigenvalue weighted by atomic mass is 10.2. The van der Waals surface area contributed by atoms with Crippen molar-refractivity contribution < 1.29 is 17.9 Å². The highest BCUT2D eigenvalue weighted by Crippen LogP contribution is 2.06. The van der Waals surface area contributed by atoms with E-state index in [2.05, 4.69) is 0 Å². The lowest BCUT2D eigenvalue weighted by molar-refractivity contribution is -0.117.